The molecule has 0 heterocycles. The van der Waals surface area contributed by atoms with Gasteiger partial charge >= 0.3 is 0 Å². The summed E-state index contributed by atoms with van der Waals surface area (Å²) < 4.78 is 0. The summed E-state index contributed by atoms with van der Waals surface area (Å²) in [6.07, 6.45) is 2.49. The van der Waals surface area contributed by atoms with Crippen molar-refractivity contribution in [3.63, 3.8) is 0 Å². The summed E-state index contributed by atoms with van der Waals surface area (Å²) in [5, 5.41) is 0. The van der Waals surface area contributed by atoms with Crippen molar-refractivity contribution in [2.45, 2.75) is 60.9 Å². The van der Waals surface area contributed by atoms with E-state index in [2.05, 4.69) is 49.1 Å². The molecule has 0 aliphatic heterocycles. The minimum Gasteiger partial charge on any atom is -0.299 e. The molecule has 1 heteroatoms. The lowest BCUT2D eigenvalue weighted by atomic mass is 10.2. The molecule has 0 aromatic heterocycles. The molecule has 0 amide bonds. The average Bonchev–Trinajstić information content (AvgIpc) is 2.45. The predicted octanol–water partition coefficient (Wildman–Crippen LogP) is 5.36. The van der Waals surface area contributed by atoms with Crippen molar-refractivity contribution in [1.82, 2.24) is 4.90 Å². The van der Waals surface area contributed by atoms with Crippen LogP contribution >= 0.6 is 0 Å². The molecule has 0 N–H and O–H groups in total. The van der Waals surface area contributed by atoms with Crippen molar-refractivity contribution in [1.29, 1.82) is 0 Å². The lowest BCUT2D eigenvalue weighted by molar-refractivity contribution is 0.266. The highest BCUT2D eigenvalue weighted by Gasteiger charge is 2.02. The SMILES string of the molecule is CC.CC.CCCN(CCC)Cc1ccccc1. The van der Waals surface area contributed by atoms with Gasteiger partial charge in [0.2, 0.25) is 0 Å². The molecular formula is C17H33N. The molecule has 0 spiro atoms. The van der Waals surface area contributed by atoms with E-state index in [-0.39, 0.29) is 0 Å². The van der Waals surface area contributed by atoms with Crippen molar-refractivity contribution in [3.05, 3.63) is 35.9 Å². The van der Waals surface area contributed by atoms with E-state index in [1.165, 1.54) is 31.5 Å². The van der Waals surface area contributed by atoms with Gasteiger partial charge in [0.05, 0.1) is 0 Å². The lowest BCUT2D eigenvalue weighted by Crippen LogP contribution is -2.24. The van der Waals surface area contributed by atoms with Gasteiger partial charge < -0.3 is 0 Å². The van der Waals surface area contributed by atoms with E-state index in [9.17, 15) is 0 Å². The molecule has 1 aromatic rings. The standard InChI is InChI=1S/C13H21N.2C2H6/c1-3-10-14(11-4-2)12-13-8-6-5-7-9-13;2*1-2/h5-9H,3-4,10-12H2,1-2H3;2*1-2H3. The van der Waals surface area contributed by atoms with Gasteiger partial charge in [0.1, 0.15) is 0 Å². The maximum atomic E-state index is 2.52. The first-order chi connectivity index (χ1) is 8.86. The van der Waals surface area contributed by atoms with E-state index in [1.807, 2.05) is 27.7 Å². The molecule has 1 rings (SSSR count). The Morgan fingerprint density at radius 1 is 0.778 bits per heavy atom. The number of hydrogen-bond acceptors (Lipinski definition) is 1. The molecule has 0 unspecified atom stereocenters. The van der Waals surface area contributed by atoms with Gasteiger partial charge in [-0.3, -0.25) is 4.90 Å². The van der Waals surface area contributed by atoms with Crippen LogP contribution in [0.2, 0.25) is 0 Å². The zero-order valence-electron chi connectivity index (χ0n) is 13.4. The number of hydrogen-bond donors (Lipinski definition) is 0. The smallest absolute Gasteiger partial charge is 0.0233 e. The van der Waals surface area contributed by atoms with Crippen LogP contribution < -0.4 is 0 Å². The fraction of sp³-hybridized carbons (Fsp3) is 0.647. The second kappa shape index (κ2) is 16.2. The van der Waals surface area contributed by atoms with Crippen LogP contribution in [0.5, 0.6) is 0 Å². The number of rotatable bonds is 6. The summed E-state index contributed by atoms with van der Waals surface area (Å²) in [6, 6.07) is 10.7. The largest absolute Gasteiger partial charge is 0.299 e. The highest BCUT2D eigenvalue weighted by molar-refractivity contribution is 5.14. The molecule has 0 saturated heterocycles. The molecule has 1 aromatic carbocycles. The fourth-order valence-corrected chi connectivity index (χ4v) is 1.74. The van der Waals surface area contributed by atoms with Crippen LogP contribution in [-0.4, -0.2) is 18.0 Å². The minimum absolute atomic E-state index is 1.10. The van der Waals surface area contributed by atoms with Crippen LogP contribution in [0.25, 0.3) is 0 Å². The van der Waals surface area contributed by atoms with Gasteiger partial charge in [-0.2, -0.15) is 0 Å². The highest BCUT2D eigenvalue weighted by Crippen LogP contribution is 2.05. The monoisotopic (exact) mass is 251 g/mol. The topological polar surface area (TPSA) is 3.24 Å². The summed E-state index contributed by atoms with van der Waals surface area (Å²) in [5.74, 6) is 0. The van der Waals surface area contributed by atoms with Crippen molar-refractivity contribution < 1.29 is 0 Å². The Morgan fingerprint density at radius 2 is 1.22 bits per heavy atom. The second-order valence-corrected chi connectivity index (χ2v) is 3.76. The van der Waals surface area contributed by atoms with Crippen LogP contribution in [-0.2, 0) is 6.54 Å². The van der Waals surface area contributed by atoms with Crippen molar-refractivity contribution in [2.75, 3.05) is 13.1 Å². The lowest BCUT2D eigenvalue weighted by Gasteiger charge is -2.20. The maximum Gasteiger partial charge on any atom is 0.0233 e. The Kier molecular flexibility index (Phi) is 17.5. The molecule has 0 bridgehead atoms. The summed E-state index contributed by atoms with van der Waals surface area (Å²) in [6.45, 7) is 16.0. The van der Waals surface area contributed by atoms with Crippen LogP contribution in [0.3, 0.4) is 0 Å². The Balaban J connectivity index is 0. The van der Waals surface area contributed by atoms with Gasteiger partial charge in [-0.25, -0.2) is 0 Å². The third-order valence-electron chi connectivity index (χ3n) is 2.33. The summed E-state index contributed by atoms with van der Waals surface area (Å²) in [4.78, 5) is 2.52. The second-order valence-electron chi connectivity index (χ2n) is 3.76. The molecule has 0 atom stereocenters. The average molecular weight is 251 g/mol. The third kappa shape index (κ3) is 10.3. The van der Waals surface area contributed by atoms with E-state index in [1.54, 1.807) is 0 Å². The molecule has 0 aliphatic rings. The Bertz CT molecular complexity index is 225. The number of nitrogens with zero attached hydrogens (tertiary/aromatic N) is 1. The van der Waals surface area contributed by atoms with E-state index in [0.717, 1.165) is 6.54 Å². The Morgan fingerprint density at radius 3 is 1.61 bits per heavy atom. The van der Waals surface area contributed by atoms with Crippen molar-refractivity contribution in [3.8, 4) is 0 Å². The van der Waals surface area contributed by atoms with Crippen molar-refractivity contribution >= 4 is 0 Å². The summed E-state index contributed by atoms with van der Waals surface area (Å²) >= 11 is 0. The molecule has 1 nitrogen and oxygen atoms in total. The van der Waals surface area contributed by atoms with Gasteiger partial charge in [0, 0.05) is 6.54 Å². The fourth-order valence-electron chi connectivity index (χ4n) is 1.74. The quantitative estimate of drug-likeness (QED) is 0.658. The van der Waals surface area contributed by atoms with Gasteiger partial charge in [-0.05, 0) is 31.5 Å². The summed E-state index contributed by atoms with van der Waals surface area (Å²) in [5.41, 5.74) is 1.43. The molecular weight excluding hydrogens is 218 g/mol. The van der Waals surface area contributed by atoms with Gasteiger partial charge in [0.15, 0.2) is 0 Å². The van der Waals surface area contributed by atoms with Crippen molar-refractivity contribution in [2.24, 2.45) is 0 Å². The maximum absolute atomic E-state index is 2.52. The molecule has 18 heavy (non-hydrogen) atoms. The zero-order chi connectivity index (χ0) is 14.2. The first-order valence-electron chi connectivity index (χ1n) is 7.63. The van der Waals surface area contributed by atoms with Gasteiger partial charge in [-0.1, -0.05) is 71.9 Å². The third-order valence-corrected chi connectivity index (χ3v) is 2.33. The molecule has 0 aliphatic carbocycles. The normalized spacial score (nSPS) is 9.06. The Hall–Kier alpha value is -0.820. The highest BCUT2D eigenvalue weighted by atomic mass is 15.1. The van der Waals surface area contributed by atoms with Crippen LogP contribution in [0.15, 0.2) is 30.3 Å². The zero-order valence-corrected chi connectivity index (χ0v) is 13.4. The first kappa shape index (κ1) is 19.5. The van der Waals surface area contributed by atoms with E-state index < -0.39 is 0 Å². The summed E-state index contributed by atoms with van der Waals surface area (Å²) in [7, 11) is 0. The van der Waals surface area contributed by atoms with Crippen LogP contribution in [0, 0.1) is 0 Å². The predicted molar refractivity (Wildman–Crippen MR) is 85.0 cm³/mol. The molecule has 0 radical (unpaired) electrons. The van der Waals surface area contributed by atoms with E-state index in [0.29, 0.717) is 0 Å². The Labute approximate surface area is 115 Å². The molecule has 0 saturated carbocycles. The molecule has 0 fully saturated rings. The molecule has 106 valence electrons. The van der Waals surface area contributed by atoms with E-state index >= 15 is 0 Å². The minimum atomic E-state index is 1.10. The number of benzene rings is 1. The van der Waals surface area contributed by atoms with Gasteiger partial charge in [0.25, 0.3) is 0 Å². The van der Waals surface area contributed by atoms with Crippen LogP contribution in [0.1, 0.15) is 59.9 Å². The van der Waals surface area contributed by atoms with E-state index in [4.69, 9.17) is 0 Å². The van der Waals surface area contributed by atoms with Gasteiger partial charge in [-0.15, -0.1) is 0 Å². The van der Waals surface area contributed by atoms with Crippen LogP contribution in [0.4, 0.5) is 0 Å². The first-order valence-corrected chi connectivity index (χ1v) is 7.63.